The van der Waals surface area contributed by atoms with Crippen LogP contribution in [-0.2, 0) is 6.54 Å². The van der Waals surface area contributed by atoms with E-state index in [1.807, 2.05) is 54.7 Å². The maximum atomic E-state index is 6.02. The number of rotatable bonds is 6. The van der Waals surface area contributed by atoms with Crippen LogP contribution in [0.2, 0.25) is 10.0 Å². The van der Waals surface area contributed by atoms with Gasteiger partial charge in [-0.1, -0.05) is 35.3 Å². The van der Waals surface area contributed by atoms with Crippen LogP contribution in [0.15, 0.2) is 72.1 Å². The molecule has 0 amide bonds. The van der Waals surface area contributed by atoms with Crippen LogP contribution in [0.3, 0.4) is 0 Å². The maximum absolute atomic E-state index is 6.02. The van der Waals surface area contributed by atoms with Crippen molar-refractivity contribution in [3.05, 3.63) is 82.9 Å². The molecule has 3 rings (SSSR count). The molecule has 1 unspecified atom stereocenters. The molecule has 1 atom stereocenters. The maximum Gasteiger partial charge on any atom is 0.0945 e. The van der Waals surface area contributed by atoms with Crippen molar-refractivity contribution in [3.8, 4) is 0 Å². The summed E-state index contributed by atoms with van der Waals surface area (Å²) in [7, 11) is 0. The molecule has 2 nitrogen and oxygen atoms in total. The first-order chi connectivity index (χ1) is 11.2. The van der Waals surface area contributed by atoms with E-state index in [-0.39, 0.29) is 0 Å². The fourth-order valence-electron chi connectivity index (χ4n) is 2.33. The topological polar surface area (TPSA) is 17.8 Å². The minimum absolute atomic E-state index is 0.343. The lowest BCUT2D eigenvalue weighted by Crippen LogP contribution is -2.01. The highest BCUT2D eigenvalue weighted by atomic mass is 35.5. The van der Waals surface area contributed by atoms with E-state index in [4.69, 9.17) is 23.2 Å². The van der Waals surface area contributed by atoms with Crippen molar-refractivity contribution in [1.29, 1.82) is 0 Å². The Morgan fingerprint density at radius 3 is 2.22 bits per heavy atom. The van der Waals surface area contributed by atoms with E-state index in [9.17, 15) is 0 Å². The van der Waals surface area contributed by atoms with Gasteiger partial charge in [0.2, 0.25) is 0 Å². The largest absolute Gasteiger partial charge is 0.337 e. The summed E-state index contributed by atoms with van der Waals surface area (Å²) >= 11 is 13.8. The number of aryl methyl sites for hydroxylation is 1. The average molecular weight is 363 g/mol. The molecule has 23 heavy (non-hydrogen) atoms. The highest BCUT2D eigenvalue weighted by Gasteiger charge is 2.13. The van der Waals surface area contributed by atoms with Gasteiger partial charge < -0.3 is 4.57 Å². The molecule has 118 valence electrons. The number of thioether (sulfide) groups is 1. The Labute approximate surface area is 150 Å². The first-order valence-corrected chi connectivity index (χ1v) is 8.98. The third-order valence-corrected chi connectivity index (χ3v) is 5.38. The SMILES string of the molecule is Clc1ccc(SC(CCn2ccnc2)c2ccc(Cl)cc2)cc1. The lowest BCUT2D eigenvalue weighted by Gasteiger charge is -2.18. The van der Waals surface area contributed by atoms with Crippen LogP contribution >= 0.6 is 35.0 Å². The van der Waals surface area contributed by atoms with Crippen molar-refractivity contribution in [2.45, 2.75) is 23.1 Å². The van der Waals surface area contributed by atoms with Gasteiger partial charge in [-0.3, -0.25) is 0 Å². The second-order valence-electron chi connectivity index (χ2n) is 5.20. The lowest BCUT2D eigenvalue weighted by atomic mass is 10.1. The van der Waals surface area contributed by atoms with E-state index >= 15 is 0 Å². The van der Waals surface area contributed by atoms with Gasteiger partial charge in [-0.05, 0) is 48.4 Å². The summed E-state index contributed by atoms with van der Waals surface area (Å²) in [6.45, 7) is 0.924. The molecule has 0 aliphatic rings. The van der Waals surface area contributed by atoms with E-state index in [2.05, 4.69) is 33.8 Å². The van der Waals surface area contributed by atoms with Crippen LogP contribution in [0.5, 0.6) is 0 Å². The number of hydrogen-bond acceptors (Lipinski definition) is 2. The Kier molecular flexibility index (Phi) is 5.65. The molecule has 0 saturated heterocycles. The molecule has 1 heterocycles. The van der Waals surface area contributed by atoms with E-state index < -0.39 is 0 Å². The van der Waals surface area contributed by atoms with Crippen molar-refractivity contribution >= 4 is 35.0 Å². The quantitative estimate of drug-likeness (QED) is 0.492. The number of hydrogen-bond donors (Lipinski definition) is 0. The summed E-state index contributed by atoms with van der Waals surface area (Å²) in [6.07, 6.45) is 6.66. The normalized spacial score (nSPS) is 12.3. The molecule has 5 heteroatoms. The lowest BCUT2D eigenvalue weighted by molar-refractivity contribution is 0.634. The first kappa shape index (κ1) is 16.4. The molecule has 0 radical (unpaired) electrons. The number of aromatic nitrogens is 2. The molecule has 2 aromatic carbocycles. The van der Waals surface area contributed by atoms with Crippen molar-refractivity contribution in [3.63, 3.8) is 0 Å². The van der Waals surface area contributed by atoms with Crippen LogP contribution in [-0.4, -0.2) is 9.55 Å². The highest BCUT2D eigenvalue weighted by Crippen LogP contribution is 2.38. The van der Waals surface area contributed by atoms with Gasteiger partial charge in [-0.15, -0.1) is 11.8 Å². The van der Waals surface area contributed by atoms with Gasteiger partial charge >= 0.3 is 0 Å². The number of nitrogens with zero attached hydrogens (tertiary/aromatic N) is 2. The number of halogens is 2. The molecular weight excluding hydrogens is 347 g/mol. The molecule has 0 spiro atoms. The smallest absolute Gasteiger partial charge is 0.0945 e. The molecule has 0 N–H and O–H groups in total. The van der Waals surface area contributed by atoms with Crippen LogP contribution in [0, 0.1) is 0 Å². The molecule has 0 aliphatic carbocycles. The van der Waals surface area contributed by atoms with Gasteiger partial charge in [0.25, 0.3) is 0 Å². The van der Waals surface area contributed by atoms with Gasteiger partial charge in [0.05, 0.1) is 6.33 Å². The fourth-order valence-corrected chi connectivity index (χ4v) is 3.72. The van der Waals surface area contributed by atoms with Crippen LogP contribution in [0.1, 0.15) is 17.2 Å². The Hall–Kier alpha value is -1.42. The van der Waals surface area contributed by atoms with Gasteiger partial charge in [0.15, 0.2) is 0 Å². The second kappa shape index (κ2) is 7.91. The highest BCUT2D eigenvalue weighted by molar-refractivity contribution is 7.99. The first-order valence-electron chi connectivity index (χ1n) is 7.34. The van der Waals surface area contributed by atoms with E-state index in [0.717, 1.165) is 23.0 Å². The summed E-state index contributed by atoms with van der Waals surface area (Å²) < 4.78 is 2.10. The Morgan fingerprint density at radius 1 is 0.957 bits per heavy atom. The van der Waals surface area contributed by atoms with E-state index in [1.54, 1.807) is 0 Å². The van der Waals surface area contributed by atoms with Crippen molar-refractivity contribution in [1.82, 2.24) is 9.55 Å². The summed E-state index contributed by atoms with van der Waals surface area (Å²) in [5, 5.41) is 1.87. The van der Waals surface area contributed by atoms with Gasteiger partial charge in [0.1, 0.15) is 0 Å². The molecule has 0 bridgehead atoms. The molecule has 1 aromatic heterocycles. The predicted molar refractivity (Wildman–Crippen MR) is 98.3 cm³/mol. The van der Waals surface area contributed by atoms with Crippen molar-refractivity contribution < 1.29 is 0 Å². The zero-order valence-electron chi connectivity index (χ0n) is 12.4. The Balaban J connectivity index is 1.77. The number of benzene rings is 2. The molecule has 0 fully saturated rings. The summed E-state index contributed by atoms with van der Waals surface area (Å²) in [5.74, 6) is 0. The van der Waals surface area contributed by atoms with Crippen LogP contribution < -0.4 is 0 Å². The molecule has 0 aliphatic heterocycles. The van der Waals surface area contributed by atoms with Gasteiger partial charge in [-0.2, -0.15) is 0 Å². The van der Waals surface area contributed by atoms with Gasteiger partial charge in [0, 0.05) is 39.1 Å². The average Bonchev–Trinajstić information content (AvgIpc) is 3.08. The van der Waals surface area contributed by atoms with Crippen LogP contribution in [0.4, 0.5) is 0 Å². The third-order valence-electron chi connectivity index (χ3n) is 3.54. The monoisotopic (exact) mass is 362 g/mol. The zero-order chi connectivity index (χ0) is 16.1. The minimum Gasteiger partial charge on any atom is -0.337 e. The Bertz CT molecular complexity index is 725. The summed E-state index contributed by atoms with van der Waals surface area (Å²) in [4.78, 5) is 5.31. The molecule has 0 saturated carbocycles. The van der Waals surface area contributed by atoms with Gasteiger partial charge in [-0.25, -0.2) is 4.98 Å². The molecule has 3 aromatic rings. The minimum atomic E-state index is 0.343. The summed E-state index contributed by atoms with van der Waals surface area (Å²) in [5.41, 5.74) is 1.27. The zero-order valence-corrected chi connectivity index (χ0v) is 14.7. The summed E-state index contributed by atoms with van der Waals surface area (Å²) in [6, 6.07) is 16.1. The number of imidazole rings is 1. The van der Waals surface area contributed by atoms with Crippen molar-refractivity contribution in [2.24, 2.45) is 0 Å². The Morgan fingerprint density at radius 2 is 1.61 bits per heavy atom. The molecular formula is C18H16Cl2N2S. The standard InChI is InChI=1S/C18H16Cl2N2S/c19-15-3-1-14(2-4-15)18(9-11-22-12-10-21-13-22)23-17-7-5-16(20)6-8-17/h1-8,10,12-13,18H,9,11H2. The van der Waals surface area contributed by atoms with Crippen molar-refractivity contribution in [2.75, 3.05) is 0 Å². The third kappa shape index (κ3) is 4.77. The second-order valence-corrected chi connectivity index (χ2v) is 7.35. The van der Waals surface area contributed by atoms with Crippen LogP contribution in [0.25, 0.3) is 0 Å². The fraction of sp³-hybridized carbons (Fsp3) is 0.167. The van der Waals surface area contributed by atoms with E-state index in [1.165, 1.54) is 10.5 Å². The predicted octanol–water partition coefficient (Wildman–Crippen LogP) is 6.11. The van der Waals surface area contributed by atoms with E-state index in [0.29, 0.717) is 5.25 Å².